The van der Waals surface area contributed by atoms with Gasteiger partial charge in [-0.3, -0.25) is 0 Å². The zero-order chi connectivity index (χ0) is 16.1. The summed E-state index contributed by atoms with van der Waals surface area (Å²) in [5.74, 6) is 2.00. The van der Waals surface area contributed by atoms with Crippen LogP contribution in [-0.2, 0) is 0 Å². The lowest BCUT2D eigenvalue weighted by atomic mass is 10.0. The third-order valence-corrected chi connectivity index (χ3v) is 3.42. The molecule has 0 aliphatic heterocycles. The normalized spacial score (nSPS) is 12.4. The average Bonchev–Trinajstić information content (AvgIpc) is 2.46. The molecule has 1 aromatic heterocycles. The van der Waals surface area contributed by atoms with Crippen LogP contribution in [0, 0.1) is 12.8 Å². The fourth-order valence-electron chi connectivity index (χ4n) is 2.33. The molecule has 5 nitrogen and oxygen atoms in total. The Hall–Kier alpha value is -2.14. The molecule has 2 rings (SSSR count). The van der Waals surface area contributed by atoms with Crippen molar-refractivity contribution in [1.29, 1.82) is 0 Å². The van der Waals surface area contributed by atoms with Crippen molar-refractivity contribution < 1.29 is 5.11 Å². The van der Waals surface area contributed by atoms with Crippen LogP contribution in [0.25, 0.3) is 11.4 Å². The highest BCUT2D eigenvalue weighted by atomic mass is 16.3. The summed E-state index contributed by atoms with van der Waals surface area (Å²) in [6, 6.07) is 7.14. The highest BCUT2D eigenvalue weighted by Gasteiger charge is 2.11. The lowest BCUT2D eigenvalue weighted by Crippen LogP contribution is -2.30. The fraction of sp³-hybridized carbons (Fsp3) is 0.412. The number of nitrogens with two attached hydrogens (primary N) is 1. The van der Waals surface area contributed by atoms with Crippen LogP contribution < -0.4 is 11.1 Å². The fourth-order valence-corrected chi connectivity index (χ4v) is 2.33. The van der Waals surface area contributed by atoms with Gasteiger partial charge in [0.05, 0.1) is 5.56 Å². The van der Waals surface area contributed by atoms with E-state index in [1.165, 1.54) is 0 Å². The van der Waals surface area contributed by atoms with Crippen molar-refractivity contribution in [3.8, 4) is 17.1 Å². The van der Waals surface area contributed by atoms with E-state index < -0.39 is 0 Å². The summed E-state index contributed by atoms with van der Waals surface area (Å²) in [7, 11) is 0. The minimum atomic E-state index is 0.0861. The van der Waals surface area contributed by atoms with Crippen molar-refractivity contribution in [3.63, 3.8) is 0 Å². The van der Waals surface area contributed by atoms with Crippen LogP contribution in [0.2, 0.25) is 0 Å². The molecule has 0 bridgehead atoms. The van der Waals surface area contributed by atoms with Crippen LogP contribution in [0.15, 0.2) is 30.5 Å². The molecule has 0 unspecified atom stereocenters. The Morgan fingerprint density at radius 1 is 1.27 bits per heavy atom. The van der Waals surface area contributed by atoms with Crippen molar-refractivity contribution >= 4 is 5.82 Å². The summed E-state index contributed by atoms with van der Waals surface area (Å²) >= 11 is 0. The van der Waals surface area contributed by atoms with Gasteiger partial charge in [0.1, 0.15) is 11.6 Å². The van der Waals surface area contributed by atoms with Gasteiger partial charge in [0.15, 0.2) is 5.82 Å². The van der Waals surface area contributed by atoms with Gasteiger partial charge in [0.25, 0.3) is 0 Å². The summed E-state index contributed by atoms with van der Waals surface area (Å²) in [6.45, 7) is 6.93. The van der Waals surface area contributed by atoms with E-state index in [-0.39, 0.29) is 11.8 Å². The summed E-state index contributed by atoms with van der Waals surface area (Å²) in [5, 5.41) is 13.2. The number of nitrogens with one attached hydrogen (secondary N) is 1. The molecule has 4 N–H and O–H groups in total. The number of nitrogens with zero attached hydrogens (tertiary/aromatic N) is 2. The lowest BCUT2D eigenvalue weighted by Gasteiger charge is -2.16. The molecule has 0 aliphatic carbocycles. The average molecular weight is 300 g/mol. The number of aromatic nitrogens is 2. The molecular weight excluding hydrogens is 276 g/mol. The zero-order valence-corrected chi connectivity index (χ0v) is 13.4. The van der Waals surface area contributed by atoms with E-state index in [9.17, 15) is 5.11 Å². The van der Waals surface area contributed by atoms with Gasteiger partial charge in [0.2, 0.25) is 0 Å². The molecule has 2 aromatic rings. The van der Waals surface area contributed by atoms with Crippen molar-refractivity contribution in [2.45, 2.75) is 33.2 Å². The maximum Gasteiger partial charge on any atom is 0.165 e. The molecule has 118 valence electrons. The highest BCUT2D eigenvalue weighted by molar-refractivity contribution is 5.65. The SMILES string of the molecule is Cc1cnc(-c2ccccc2O)nc1NC[C@@H](N)CC(C)C. The lowest BCUT2D eigenvalue weighted by molar-refractivity contribution is 0.477. The van der Waals surface area contributed by atoms with E-state index in [2.05, 4.69) is 29.1 Å². The molecule has 0 saturated heterocycles. The monoisotopic (exact) mass is 300 g/mol. The number of rotatable bonds is 6. The van der Waals surface area contributed by atoms with Gasteiger partial charge in [-0.05, 0) is 31.4 Å². The van der Waals surface area contributed by atoms with E-state index in [4.69, 9.17) is 5.73 Å². The topological polar surface area (TPSA) is 84.1 Å². The number of aromatic hydroxyl groups is 1. The quantitative estimate of drug-likeness (QED) is 0.764. The molecule has 5 heteroatoms. The second kappa shape index (κ2) is 7.22. The molecule has 1 atom stereocenters. The molecular formula is C17H24N4O. The van der Waals surface area contributed by atoms with Gasteiger partial charge in [-0.25, -0.2) is 9.97 Å². The molecule has 0 radical (unpaired) electrons. The number of benzene rings is 1. The molecule has 22 heavy (non-hydrogen) atoms. The van der Waals surface area contributed by atoms with E-state index in [0.29, 0.717) is 23.9 Å². The summed E-state index contributed by atoms with van der Waals surface area (Å²) in [5.41, 5.74) is 7.68. The van der Waals surface area contributed by atoms with E-state index in [1.54, 1.807) is 24.4 Å². The Labute approximate surface area is 131 Å². The number of anilines is 1. The maximum absolute atomic E-state index is 9.92. The molecule has 0 saturated carbocycles. The minimum absolute atomic E-state index is 0.0861. The van der Waals surface area contributed by atoms with Crippen molar-refractivity contribution in [3.05, 3.63) is 36.0 Å². The third kappa shape index (κ3) is 4.18. The Morgan fingerprint density at radius 2 is 2.00 bits per heavy atom. The Morgan fingerprint density at radius 3 is 2.68 bits per heavy atom. The second-order valence-corrected chi connectivity index (χ2v) is 6.01. The Kier molecular flexibility index (Phi) is 5.33. The van der Waals surface area contributed by atoms with E-state index in [1.807, 2.05) is 13.0 Å². The molecule has 0 spiro atoms. The van der Waals surface area contributed by atoms with Crippen LogP contribution in [-0.4, -0.2) is 27.7 Å². The first kappa shape index (κ1) is 16.2. The first-order chi connectivity index (χ1) is 10.5. The summed E-state index contributed by atoms with van der Waals surface area (Å²) < 4.78 is 0. The van der Waals surface area contributed by atoms with Crippen molar-refractivity contribution in [2.75, 3.05) is 11.9 Å². The number of hydrogen-bond donors (Lipinski definition) is 3. The van der Waals surface area contributed by atoms with E-state index in [0.717, 1.165) is 17.8 Å². The van der Waals surface area contributed by atoms with Crippen LogP contribution in [0.4, 0.5) is 5.82 Å². The first-order valence-corrected chi connectivity index (χ1v) is 7.58. The molecule has 1 heterocycles. The Balaban J connectivity index is 2.16. The second-order valence-electron chi connectivity index (χ2n) is 6.01. The maximum atomic E-state index is 9.92. The summed E-state index contributed by atoms with van der Waals surface area (Å²) in [4.78, 5) is 8.82. The van der Waals surface area contributed by atoms with Crippen LogP contribution >= 0.6 is 0 Å². The van der Waals surface area contributed by atoms with Crippen LogP contribution in [0.5, 0.6) is 5.75 Å². The van der Waals surface area contributed by atoms with E-state index >= 15 is 0 Å². The van der Waals surface area contributed by atoms with Crippen molar-refractivity contribution in [1.82, 2.24) is 9.97 Å². The number of hydrogen-bond acceptors (Lipinski definition) is 5. The minimum Gasteiger partial charge on any atom is -0.507 e. The van der Waals surface area contributed by atoms with Crippen LogP contribution in [0.3, 0.4) is 0 Å². The van der Waals surface area contributed by atoms with Gasteiger partial charge in [-0.15, -0.1) is 0 Å². The number of phenolic OH excluding ortho intramolecular Hbond substituents is 1. The smallest absolute Gasteiger partial charge is 0.165 e. The number of para-hydroxylation sites is 1. The van der Waals surface area contributed by atoms with Gasteiger partial charge in [0, 0.05) is 24.3 Å². The van der Waals surface area contributed by atoms with Crippen molar-refractivity contribution in [2.24, 2.45) is 11.7 Å². The van der Waals surface area contributed by atoms with Gasteiger partial charge >= 0.3 is 0 Å². The zero-order valence-electron chi connectivity index (χ0n) is 13.4. The third-order valence-electron chi connectivity index (χ3n) is 3.42. The first-order valence-electron chi connectivity index (χ1n) is 7.58. The van der Waals surface area contributed by atoms with Gasteiger partial charge < -0.3 is 16.2 Å². The van der Waals surface area contributed by atoms with Gasteiger partial charge in [-0.2, -0.15) is 0 Å². The predicted octanol–water partition coefficient (Wildman–Crippen LogP) is 2.94. The molecule has 0 fully saturated rings. The molecule has 0 aliphatic rings. The number of phenols is 1. The summed E-state index contributed by atoms with van der Waals surface area (Å²) in [6.07, 6.45) is 2.72. The largest absolute Gasteiger partial charge is 0.507 e. The standard InChI is InChI=1S/C17H24N4O/c1-11(2)8-13(18)10-20-16-12(3)9-19-17(21-16)14-6-4-5-7-15(14)22/h4-7,9,11,13,22H,8,10,18H2,1-3H3,(H,19,20,21)/t13-/m0/s1. The van der Waals surface area contributed by atoms with Gasteiger partial charge in [-0.1, -0.05) is 26.0 Å². The molecule has 1 aromatic carbocycles. The predicted molar refractivity (Wildman–Crippen MR) is 89.8 cm³/mol. The highest BCUT2D eigenvalue weighted by Crippen LogP contribution is 2.26. The van der Waals surface area contributed by atoms with Crippen LogP contribution in [0.1, 0.15) is 25.8 Å². The molecule has 0 amide bonds. The Bertz CT molecular complexity index is 628. The number of aryl methyl sites for hydroxylation is 1.